The van der Waals surface area contributed by atoms with Crippen molar-refractivity contribution in [2.45, 2.75) is 18.1 Å². The number of guanidine groups is 1. The highest BCUT2D eigenvalue weighted by Gasteiger charge is 2.23. The molecule has 9 N–H and O–H groups in total. The Kier molecular flexibility index (Phi) is 11.1. The monoisotopic (exact) mass is 764 g/mol. The van der Waals surface area contributed by atoms with Gasteiger partial charge in [-0.15, -0.1) is 35.1 Å². The van der Waals surface area contributed by atoms with Gasteiger partial charge in [0, 0.05) is 6.26 Å². The van der Waals surface area contributed by atoms with Crippen LogP contribution in [0.3, 0.4) is 0 Å². The number of hydrogen-bond donors (Lipinski definition) is 5. The Morgan fingerprint density at radius 1 is 0.824 bits per heavy atom. The van der Waals surface area contributed by atoms with Gasteiger partial charge in [0.25, 0.3) is 11.1 Å². The third kappa shape index (κ3) is 7.79. The first-order valence-corrected chi connectivity index (χ1v) is 17.7. The van der Waals surface area contributed by atoms with Crippen LogP contribution in [-0.4, -0.2) is 49.7 Å². The summed E-state index contributed by atoms with van der Waals surface area (Å²) in [6.45, 7) is 3.93. The number of nitrogen functional groups attached to an aromatic ring is 2. The Labute approximate surface area is 303 Å². The number of thiophene rings is 2. The minimum absolute atomic E-state index is 0. The highest BCUT2D eigenvalue weighted by molar-refractivity contribution is 7.93. The van der Waals surface area contributed by atoms with Gasteiger partial charge in [-0.25, -0.2) is 23.4 Å². The molecule has 5 aromatic heterocycles. The second-order valence-electron chi connectivity index (χ2n) is 10.7. The number of sulfone groups is 1. The maximum Gasteiger partial charge on any atom is 0.275 e. The number of nitriles is 1. The van der Waals surface area contributed by atoms with E-state index in [1.807, 2.05) is 56.3 Å². The number of aryl methyl sites for hydroxylation is 2. The van der Waals surface area contributed by atoms with Crippen LogP contribution >= 0.6 is 35.1 Å². The maximum atomic E-state index is 12.8. The Hall–Kier alpha value is -5.94. The van der Waals surface area contributed by atoms with Crippen molar-refractivity contribution < 1.29 is 8.42 Å². The normalized spacial score (nSPS) is 10.8. The van der Waals surface area contributed by atoms with Gasteiger partial charge in [0.15, 0.2) is 15.8 Å². The molecule has 0 saturated carbocycles. The van der Waals surface area contributed by atoms with Gasteiger partial charge in [0.05, 0.1) is 16.8 Å². The predicted molar refractivity (Wildman–Crippen MR) is 203 cm³/mol. The fraction of sp³-hybridized carbons (Fsp3) is 0.0968. The Bertz CT molecular complexity index is 2710. The van der Waals surface area contributed by atoms with Crippen molar-refractivity contribution in [3.63, 3.8) is 0 Å². The minimum atomic E-state index is -3.60. The van der Waals surface area contributed by atoms with E-state index in [-0.39, 0.29) is 55.7 Å². The van der Waals surface area contributed by atoms with Crippen molar-refractivity contribution in [2.24, 2.45) is 11.5 Å². The van der Waals surface area contributed by atoms with E-state index in [4.69, 9.17) is 16.9 Å². The molecule has 51 heavy (non-hydrogen) atoms. The van der Waals surface area contributed by atoms with E-state index in [0.29, 0.717) is 26.1 Å². The lowest BCUT2D eigenvalue weighted by Crippen LogP contribution is -2.20. The first kappa shape index (κ1) is 37.9. The number of nitrogens with two attached hydrogens (primary N) is 4. The number of nitrogens with zero attached hydrogens (tertiary/aromatic N) is 7. The number of benzene rings is 2. The lowest BCUT2D eigenvalue weighted by Gasteiger charge is -2.05. The highest BCUT2D eigenvalue weighted by Crippen LogP contribution is 2.33. The summed E-state index contributed by atoms with van der Waals surface area (Å²) in [4.78, 5) is 42.6. The molecule has 16 nitrogen and oxygen atoms in total. The summed E-state index contributed by atoms with van der Waals surface area (Å²) >= 11 is 2.01. The van der Waals surface area contributed by atoms with E-state index >= 15 is 0 Å². The van der Waals surface area contributed by atoms with Crippen LogP contribution in [0.15, 0.2) is 75.0 Å². The summed E-state index contributed by atoms with van der Waals surface area (Å²) in [6, 6.07) is 16.8. The van der Waals surface area contributed by atoms with Crippen LogP contribution in [0.1, 0.15) is 16.7 Å². The minimum Gasteiger partial charge on any atom is -0.383 e. The number of rotatable bonds is 3. The molecule has 0 atom stereocenters. The highest BCUT2D eigenvalue weighted by atomic mass is 35.5. The van der Waals surface area contributed by atoms with E-state index in [0.717, 1.165) is 34.4 Å². The van der Waals surface area contributed by atoms with E-state index in [2.05, 4.69) is 31.4 Å². The molecule has 0 radical (unpaired) electrons. The van der Waals surface area contributed by atoms with Gasteiger partial charge in [-0.1, -0.05) is 35.4 Å². The second-order valence-corrected chi connectivity index (χ2v) is 14.9. The molecule has 7 aromatic rings. The van der Waals surface area contributed by atoms with E-state index < -0.39 is 15.4 Å². The standard InChI is InChI=1S/C15H12N6OS.C15H11N3O3S2.CH5N3.ClH/c1-7-2-4-8(5-3-7)21-6-18-10-9-12(16)19-15(17)20-13(9)23-11(10)14(21)22;1-9-3-5-10(6-4-9)18-8-17-12-11(7-16)15(23(2,20)21)22-13(12)14(18)19;2-1(3)4;/h2-6H,1H3,(H4,16,17,19,20);3-6,8H,1-2H3;(H5,2,3,4);1H. The largest absolute Gasteiger partial charge is 0.383 e. The Morgan fingerprint density at radius 3 is 1.73 bits per heavy atom. The van der Waals surface area contributed by atoms with Crippen LogP contribution in [0.25, 0.3) is 42.0 Å². The molecule has 0 amide bonds. The zero-order valence-electron chi connectivity index (χ0n) is 27.0. The summed E-state index contributed by atoms with van der Waals surface area (Å²) in [5.74, 6) is -0.0147. The first-order chi connectivity index (χ1) is 23.6. The summed E-state index contributed by atoms with van der Waals surface area (Å²) in [5.41, 5.74) is 24.0. The number of halogens is 1. The number of fused-ring (bicyclic) bond motifs is 4. The van der Waals surface area contributed by atoms with Crippen LogP contribution < -0.4 is 34.1 Å². The van der Waals surface area contributed by atoms with Gasteiger partial charge < -0.3 is 22.9 Å². The molecule has 7 rings (SSSR count). The van der Waals surface area contributed by atoms with Crippen molar-refractivity contribution in [2.75, 3.05) is 17.7 Å². The third-order valence-electron chi connectivity index (χ3n) is 6.93. The molecule has 0 aliphatic heterocycles. The maximum absolute atomic E-state index is 12.8. The van der Waals surface area contributed by atoms with Crippen LogP contribution in [0.2, 0.25) is 0 Å². The second kappa shape index (κ2) is 14.9. The van der Waals surface area contributed by atoms with Gasteiger partial charge in [0.1, 0.15) is 59.6 Å². The third-order valence-corrected chi connectivity index (χ3v) is 11.0. The van der Waals surface area contributed by atoms with Gasteiger partial charge >= 0.3 is 0 Å². The summed E-state index contributed by atoms with van der Waals surface area (Å²) in [7, 11) is -3.60. The Balaban J connectivity index is 0.000000204. The average molecular weight is 765 g/mol. The van der Waals surface area contributed by atoms with Crippen LogP contribution in [0, 0.1) is 30.6 Å². The molecule has 0 bridgehead atoms. The summed E-state index contributed by atoms with van der Waals surface area (Å²) in [5, 5.41) is 15.9. The molecule has 0 aliphatic rings. The number of anilines is 2. The molecule has 0 fully saturated rings. The SMILES string of the molecule is Cc1ccc(-n2cnc3c(C#N)c(S(C)(=O)=O)sc3c2=O)cc1.Cc1ccc(-n2cnc3c(sc4nc(N)nc(N)c43)c2=O)cc1.Cl.N=C(N)N. The summed E-state index contributed by atoms with van der Waals surface area (Å²) < 4.78 is 27.0. The van der Waals surface area contributed by atoms with Crippen molar-refractivity contribution >= 4 is 93.3 Å². The van der Waals surface area contributed by atoms with E-state index in [1.54, 1.807) is 12.1 Å². The fourth-order valence-corrected chi connectivity index (χ4v) is 7.97. The lowest BCUT2D eigenvalue weighted by molar-refractivity contribution is 0.603. The lowest BCUT2D eigenvalue weighted by atomic mass is 10.2. The van der Waals surface area contributed by atoms with Crippen molar-refractivity contribution in [1.29, 1.82) is 10.7 Å². The van der Waals surface area contributed by atoms with Gasteiger partial charge in [-0.3, -0.25) is 24.1 Å². The van der Waals surface area contributed by atoms with E-state index in [1.165, 1.54) is 33.1 Å². The van der Waals surface area contributed by atoms with E-state index in [9.17, 15) is 23.3 Å². The van der Waals surface area contributed by atoms with Crippen LogP contribution in [0.5, 0.6) is 0 Å². The first-order valence-electron chi connectivity index (χ1n) is 14.2. The number of hydrogen-bond acceptors (Lipinski definition) is 14. The van der Waals surface area contributed by atoms with Crippen molar-refractivity contribution in [1.82, 2.24) is 29.1 Å². The molecule has 0 spiro atoms. The zero-order valence-corrected chi connectivity index (χ0v) is 30.2. The predicted octanol–water partition coefficient (Wildman–Crippen LogP) is 3.15. The molecule has 262 valence electrons. The molecular formula is C31H29ClN12O4S3. The average Bonchev–Trinajstić information content (AvgIpc) is 3.62. The van der Waals surface area contributed by atoms with Gasteiger partial charge in [-0.2, -0.15) is 10.2 Å². The molecule has 0 unspecified atom stereocenters. The van der Waals surface area contributed by atoms with Gasteiger partial charge in [-0.05, 0) is 38.1 Å². The number of aromatic nitrogens is 6. The Morgan fingerprint density at radius 2 is 1.27 bits per heavy atom. The topological polar surface area (TPSA) is 281 Å². The van der Waals surface area contributed by atoms with Crippen molar-refractivity contribution in [3.8, 4) is 17.4 Å². The molecule has 0 aliphatic carbocycles. The molecular weight excluding hydrogens is 736 g/mol. The molecule has 0 saturated heterocycles. The van der Waals surface area contributed by atoms with Crippen LogP contribution in [-0.2, 0) is 9.84 Å². The quantitative estimate of drug-likeness (QED) is 0.128. The summed E-state index contributed by atoms with van der Waals surface area (Å²) in [6.07, 6.45) is 3.82. The van der Waals surface area contributed by atoms with Gasteiger partial charge in [0.2, 0.25) is 5.95 Å². The zero-order chi connectivity index (χ0) is 36.5. The smallest absolute Gasteiger partial charge is 0.275 e. The van der Waals surface area contributed by atoms with Crippen molar-refractivity contribution in [3.05, 3.63) is 98.6 Å². The fourth-order valence-electron chi connectivity index (χ4n) is 4.66. The molecule has 20 heteroatoms. The van der Waals surface area contributed by atoms with Crippen LogP contribution in [0.4, 0.5) is 11.8 Å². The molecule has 5 heterocycles. The number of nitrogens with one attached hydrogen (secondary N) is 1. The molecule has 2 aromatic carbocycles.